The van der Waals surface area contributed by atoms with Gasteiger partial charge >= 0.3 is 0 Å². The van der Waals surface area contributed by atoms with Crippen molar-refractivity contribution in [2.45, 2.75) is 53.1 Å². The molecule has 0 heterocycles. The number of hydrogen-bond acceptors (Lipinski definition) is 2. The second kappa shape index (κ2) is 5.23. The van der Waals surface area contributed by atoms with E-state index in [2.05, 4.69) is 26.8 Å². The van der Waals surface area contributed by atoms with E-state index >= 15 is 0 Å². The molecule has 0 radical (unpaired) electrons. The minimum Gasteiger partial charge on any atom is -0.381 e. The zero-order valence-electron chi connectivity index (χ0n) is 12.2. The Balaban J connectivity index is 3.10. The lowest BCUT2D eigenvalue weighted by Gasteiger charge is -2.22. The van der Waals surface area contributed by atoms with Gasteiger partial charge in [0.15, 0.2) is 5.78 Å². The monoisotopic (exact) mass is 248 g/mol. The molecule has 0 saturated carbocycles. The number of carbonyl (C=O) groups excluding carboxylic acids is 1. The fourth-order valence-electron chi connectivity index (χ4n) is 1.92. The van der Waals surface area contributed by atoms with Crippen LogP contribution < -0.4 is 0 Å². The quantitative estimate of drug-likeness (QED) is 0.888. The molecule has 18 heavy (non-hydrogen) atoms. The van der Waals surface area contributed by atoms with E-state index in [0.29, 0.717) is 0 Å². The predicted octanol–water partition coefficient (Wildman–Crippen LogP) is 3.55. The van der Waals surface area contributed by atoms with Crippen molar-refractivity contribution in [2.75, 3.05) is 0 Å². The van der Waals surface area contributed by atoms with Gasteiger partial charge in [0.05, 0.1) is 0 Å². The van der Waals surface area contributed by atoms with Crippen LogP contribution in [0.4, 0.5) is 0 Å². The molecule has 1 N–H and O–H groups in total. The van der Waals surface area contributed by atoms with E-state index in [4.69, 9.17) is 0 Å². The highest BCUT2D eigenvalue weighted by Gasteiger charge is 2.23. The van der Waals surface area contributed by atoms with Crippen LogP contribution in [0.2, 0.25) is 0 Å². The molecule has 1 unspecified atom stereocenters. The first-order valence-electron chi connectivity index (χ1n) is 6.47. The molecule has 2 heteroatoms. The second-order valence-corrected chi connectivity index (χ2v) is 6.28. The number of aliphatic hydroxyl groups excluding tert-OH is 1. The van der Waals surface area contributed by atoms with Gasteiger partial charge in [0.25, 0.3) is 0 Å². The van der Waals surface area contributed by atoms with E-state index in [0.717, 1.165) is 11.1 Å². The summed E-state index contributed by atoms with van der Waals surface area (Å²) in [5.74, 6) is -0.275. The van der Waals surface area contributed by atoms with Crippen molar-refractivity contribution in [1.82, 2.24) is 0 Å². The molecule has 0 saturated heterocycles. The minimum absolute atomic E-state index is 0.0797. The van der Waals surface area contributed by atoms with Gasteiger partial charge < -0.3 is 5.11 Å². The first kappa shape index (κ1) is 14.9. The molecule has 0 aliphatic rings. The van der Waals surface area contributed by atoms with Crippen LogP contribution in [0.1, 0.15) is 57.4 Å². The molecule has 1 aromatic rings. The van der Waals surface area contributed by atoms with Crippen molar-refractivity contribution < 1.29 is 9.90 Å². The molecule has 0 aliphatic heterocycles. The number of ketones is 1. The highest BCUT2D eigenvalue weighted by molar-refractivity contribution is 5.86. The Hall–Kier alpha value is -1.15. The lowest BCUT2D eigenvalue weighted by atomic mass is 9.84. The van der Waals surface area contributed by atoms with E-state index < -0.39 is 6.10 Å². The van der Waals surface area contributed by atoms with E-state index in [9.17, 15) is 9.90 Å². The molecule has 0 amide bonds. The number of Topliss-reactive ketones (excluding diaryl/α,β-unsaturated/α-hetero) is 1. The van der Waals surface area contributed by atoms with Crippen molar-refractivity contribution in [1.29, 1.82) is 0 Å². The van der Waals surface area contributed by atoms with Gasteiger partial charge in [-0.1, -0.05) is 52.8 Å². The van der Waals surface area contributed by atoms with Crippen molar-refractivity contribution in [3.05, 3.63) is 34.9 Å². The molecular weight excluding hydrogens is 224 g/mol. The summed E-state index contributed by atoms with van der Waals surface area (Å²) >= 11 is 0. The number of aliphatic hydroxyl groups is 1. The van der Waals surface area contributed by atoms with Crippen LogP contribution in [-0.4, -0.2) is 10.9 Å². The van der Waals surface area contributed by atoms with Gasteiger partial charge in [-0.3, -0.25) is 4.79 Å². The van der Waals surface area contributed by atoms with Gasteiger partial charge in [0, 0.05) is 5.92 Å². The standard InChI is InChI=1S/C16H24O2/c1-10(2)14(17)15(18)13-8-7-12(9-11(13)3)16(4,5)6/h7-10,15,18H,1-6H3. The maximum absolute atomic E-state index is 11.8. The van der Waals surface area contributed by atoms with Crippen LogP contribution >= 0.6 is 0 Å². The van der Waals surface area contributed by atoms with Gasteiger partial charge in [0.1, 0.15) is 6.10 Å². The number of benzene rings is 1. The Kier molecular flexibility index (Phi) is 4.33. The van der Waals surface area contributed by atoms with E-state index in [1.807, 2.05) is 32.9 Å². The van der Waals surface area contributed by atoms with Crippen LogP contribution in [0.5, 0.6) is 0 Å². The summed E-state index contributed by atoms with van der Waals surface area (Å²) in [4.78, 5) is 11.8. The van der Waals surface area contributed by atoms with Crippen molar-refractivity contribution in [3.63, 3.8) is 0 Å². The maximum Gasteiger partial charge on any atom is 0.168 e. The molecule has 1 atom stereocenters. The Morgan fingerprint density at radius 2 is 1.78 bits per heavy atom. The van der Waals surface area contributed by atoms with Crippen LogP contribution in [0.3, 0.4) is 0 Å². The molecule has 0 fully saturated rings. The fourth-order valence-corrected chi connectivity index (χ4v) is 1.92. The molecule has 1 rings (SSSR count). The summed E-state index contributed by atoms with van der Waals surface area (Å²) < 4.78 is 0. The molecule has 100 valence electrons. The summed E-state index contributed by atoms with van der Waals surface area (Å²) in [7, 11) is 0. The first-order valence-corrected chi connectivity index (χ1v) is 6.47. The average Bonchev–Trinajstić information content (AvgIpc) is 2.25. The summed E-state index contributed by atoms with van der Waals surface area (Å²) in [5, 5.41) is 10.1. The molecule has 0 bridgehead atoms. The topological polar surface area (TPSA) is 37.3 Å². The third-order valence-electron chi connectivity index (χ3n) is 3.27. The van der Waals surface area contributed by atoms with Gasteiger partial charge in [-0.05, 0) is 29.0 Å². The SMILES string of the molecule is Cc1cc(C(C)(C)C)ccc1C(O)C(=O)C(C)C. The Bertz CT molecular complexity index is 439. The maximum atomic E-state index is 11.8. The van der Waals surface area contributed by atoms with Crippen LogP contribution in [0.25, 0.3) is 0 Å². The van der Waals surface area contributed by atoms with Gasteiger partial charge in [-0.25, -0.2) is 0 Å². The average molecular weight is 248 g/mol. The summed E-state index contributed by atoms with van der Waals surface area (Å²) in [6.45, 7) is 12.0. The fraction of sp³-hybridized carbons (Fsp3) is 0.562. The highest BCUT2D eigenvalue weighted by atomic mass is 16.3. The summed E-state index contributed by atoms with van der Waals surface area (Å²) in [5.41, 5.74) is 3.00. The van der Waals surface area contributed by atoms with Gasteiger partial charge in [-0.15, -0.1) is 0 Å². The number of carbonyl (C=O) groups is 1. The number of hydrogen-bond donors (Lipinski definition) is 1. The predicted molar refractivity (Wildman–Crippen MR) is 74.7 cm³/mol. The number of rotatable bonds is 3. The summed E-state index contributed by atoms with van der Waals surface area (Å²) in [6, 6.07) is 5.94. The van der Waals surface area contributed by atoms with Gasteiger partial charge in [-0.2, -0.15) is 0 Å². The van der Waals surface area contributed by atoms with Crippen molar-refractivity contribution in [3.8, 4) is 0 Å². The van der Waals surface area contributed by atoms with E-state index in [-0.39, 0.29) is 17.1 Å². The lowest BCUT2D eigenvalue weighted by Crippen LogP contribution is -2.19. The minimum atomic E-state index is -1.00. The number of aryl methyl sites for hydroxylation is 1. The molecule has 0 spiro atoms. The second-order valence-electron chi connectivity index (χ2n) is 6.28. The van der Waals surface area contributed by atoms with Crippen molar-refractivity contribution in [2.24, 2.45) is 5.92 Å². The van der Waals surface area contributed by atoms with Crippen LogP contribution in [0, 0.1) is 12.8 Å². The van der Waals surface area contributed by atoms with E-state index in [1.165, 1.54) is 5.56 Å². The molecule has 2 nitrogen and oxygen atoms in total. The molecule has 1 aromatic carbocycles. The molecule has 0 aliphatic carbocycles. The Labute approximate surface area is 110 Å². The van der Waals surface area contributed by atoms with Crippen molar-refractivity contribution >= 4 is 5.78 Å². The van der Waals surface area contributed by atoms with Gasteiger partial charge in [0.2, 0.25) is 0 Å². The zero-order valence-corrected chi connectivity index (χ0v) is 12.2. The largest absolute Gasteiger partial charge is 0.381 e. The van der Waals surface area contributed by atoms with Crippen LogP contribution in [-0.2, 0) is 10.2 Å². The lowest BCUT2D eigenvalue weighted by molar-refractivity contribution is -0.130. The Morgan fingerprint density at radius 1 is 1.22 bits per heavy atom. The third-order valence-corrected chi connectivity index (χ3v) is 3.27. The normalized spacial score (nSPS) is 13.8. The zero-order chi connectivity index (χ0) is 14.1. The van der Waals surface area contributed by atoms with Crippen LogP contribution in [0.15, 0.2) is 18.2 Å². The highest BCUT2D eigenvalue weighted by Crippen LogP contribution is 2.28. The smallest absolute Gasteiger partial charge is 0.168 e. The molecule has 0 aromatic heterocycles. The van der Waals surface area contributed by atoms with E-state index in [1.54, 1.807) is 0 Å². The Morgan fingerprint density at radius 3 is 2.17 bits per heavy atom. The first-order chi connectivity index (χ1) is 8.14. The molecular formula is C16H24O2. The third kappa shape index (κ3) is 3.20. The summed E-state index contributed by atoms with van der Waals surface area (Å²) in [6.07, 6.45) is -1.00.